The van der Waals surface area contributed by atoms with E-state index in [1.165, 1.54) is 0 Å². The minimum absolute atomic E-state index is 0.168. The molecule has 4 heterocycles. The number of rotatable bonds is 5. The number of carbonyl (C=O) groups excluding carboxylic acids is 1. The topological polar surface area (TPSA) is 101 Å². The second-order valence-corrected chi connectivity index (χ2v) is 7.08. The van der Waals surface area contributed by atoms with Gasteiger partial charge in [0.15, 0.2) is 17.2 Å². The van der Waals surface area contributed by atoms with Gasteiger partial charge in [-0.05, 0) is 31.9 Å². The Morgan fingerprint density at radius 2 is 2.15 bits per heavy atom. The zero-order valence-electron chi connectivity index (χ0n) is 14.4. The molecule has 1 aliphatic heterocycles. The van der Waals surface area contributed by atoms with Gasteiger partial charge < -0.3 is 14.7 Å². The van der Waals surface area contributed by atoms with Gasteiger partial charge in [-0.1, -0.05) is 5.16 Å². The van der Waals surface area contributed by atoms with Gasteiger partial charge in [-0.3, -0.25) is 4.79 Å². The minimum Gasteiger partial charge on any atom is -0.360 e. The highest BCUT2D eigenvalue weighted by molar-refractivity contribution is 5.92. The average molecular weight is 353 g/mol. The largest absolute Gasteiger partial charge is 0.360 e. The first-order valence-corrected chi connectivity index (χ1v) is 8.86. The van der Waals surface area contributed by atoms with E-state index in [1.807, 2.05) is 19.1 Å². The second kappa shape index (κ2) is 5.79. The van der Waals surface area contributed by atoms with E-state index in [4.69, 9.17) is 4.52 Å². The van der Waals surface area contributed by atoms with Crippen LogP contribution in [0.2, 0.25) is 0 Å². The molecular formula is C17H19N7O2. The van der Waals surface area contributed by atoms with E-state index in [9.17, 15) is 4.79 Å². The van der Waals surface area contributed by atoms with Gasteiger partial charge in [0.25, 0.3) is 5.91 Å². The third kappa shape index (κ3) is 2.69. The number of amides is 1. The lowest BCUT2D eigenvalue weighted by Crippen LogP contribution is -2.52. The van der Waals surface area contributed by atoms with Crippen LogP contribution in [0.15, 0.2) is 22.7 Å². The van der Waals surface area contributed by atoms with Crippen molar-refractivity contribution in [2.45, 2.75) is 25.7 Å². The zero-order chi connectivity index (χ0) is 17.7. The summed E-state index contributed by atoms with van der Waals surface area (Å²) in [4.78, 5) is 14.4. The van der Waals surface area contributed by atoms with Crippen LogP contribution in [-0.2, 0) is 0 Å². The Morgan fingerprint density at radius 3 is 2.96 bits per heavy atom. The molecule has 2 aliphatic rings. The van der Waals surface area contributed by atoms with Crippen LogP contribution in [-0.4, -0.2) is 50.5 Å². The molecule has 0 spiro atoms. The number of hydrogen-bond donors (Lipinski definition) is 1. The second-order valence-electron chi connectivity index (χ2n) is 7.08. The van der Waals surface area contributed by atoms with Gasteiger partial charge in [0.2, 0.25) is 0 Å². The summed E-state index contributed by atoms with van der Waals surface area (Å²) in [5.41, 5.74) is 1.12. The summed E-state index contributed by atoms with van der Waals surface area (Å²) in [5, 5.41) is 19.4. The molecule has 1 N–H and O–H groups in total. The van der Waals surface area contributed by atoms with Crippen LogP contribution in [0.25, 0.3) is 5.65 Å². The maximum atomic E-state index is 12.2. The quantitative estimate of drug-likeness (QED) is 0.734. The van der Waals surface area contributed by atoms with Crippen molar-refractivity contribution in [3.8, 4) is 0 Å². The van der Waals surface area contributed by atoms with Gasteiger partial charge in [-0.25, -0.2) is 0 Å². The van der Waals surface area contributed by atoms with E-state index in [0.29, 0.717) is 24.1 Å². The van der Waals surface area contributed by atoms with Crippen LogP contribution in [0.1, 0.15) is 40.8 Å². The van der Waals surface area contributed by atoms with Gasteiger partial charge in [0.05, 0.1) is 0 Å². The van der Waals surface area contributed by atoms with Crippen LogP contribution < -0.4 is 10.2 Å². The van der Waals surface area contributed by atoms with E-state index < -0.39 is 0 Å². The molecule has 26 heavy (non-hydrogen) atoms. The smallest absolute Gasteiger partial charge is 0.273 e. The molecule has 3 aromatic rings. The molecule has 0 bridgehead atoms. The van der Waals surface area contributed by atoms with E-state index in [1.54, 1.807) is 10.6 Å². The lowest BCUT2D eigenvalue weighted by molar-refractivity contribution is 0.0935. The Kier molecular flexibility index (Phi) is 3.41. The van der Waals surface area contributed by atoms with E-state index in [2.05, 4.69) is 30.7 Å². The number of aryl methyl sites for hydroxylation is 1. The third-order valence-electron chi connectivity index (χ3n) is 4.98. The normalized spacial score (nSPS) is 17.5. The Hall–Kier alpha value is -2.97. The van der Waals surface area contributed by atoms with Crippen LogP contribution in [0.4, 0.5) is 5.82 Å². The molecule has 0 unspecified atom stereocenters. The molecule has 0 radical (unpaired) electrons. The Labute approximate surface area is 149 Å². The lowest BCUT2D eigenvalue weighted by atomic mass is 10.0. The Balaban J connectivity index is 1.15. The summed E-state index contributed by atoms with van der Waals surface area (Å²) in [6.45, 7) is 4.21. The van der Waals surface area contributed by atoms with E-state index in [0.717, 1.165) is 49.0 Å². The molecule has 1 saturated heterocycles. The summed E-state index contributed by atoms with van der Waals surface area (Å²) >= 11 is 0. The zero-order valence-corrected chi connectivity index (χ0v) is 14.4. The first-order chi connectivity index (χ1) is 12.7. The number of nitrogens with one attached hydrogen (secondary N) is 1. The molecule has 1 aliphatic carbocycles. The van der Waals surface area contributed by atoms with Gasteiger partial charge in [0, 0.05) is 37.5 Å². The summed E-state index contributed by atoms with van der Waals surface area (Å²) in [6.07, 6.45) is 2.26. The first kappa shape index (κ1) is 15.3. The number of aromatic nitrogens is 5. The van der Waals surface area contributed by atoms with Gasteiger partial charge in [-0.2, -0.15) is 4.52 Å². The highest BCUT2D eigenvalue weighted by Crippen LogP contribution is 2.40. The minimum atomic E-state index is -0.168. The van der Waals surface area contributed by atoms with Crippen molar-refractivity contribution in [3.05, 3.63) is 35.5 Å². The molecule has 2 fully saturated rings. The molecule has 9 heteroatoms. The number of hydrogen-bond acceptors (Lipinski definition) is 7. The molecule has 9 nitrogen and oxygen atoms in total. The molecule has 0 atom stereocenters. The van der Waals surface area contributed by atoms with Crippen molar-refractivity contribution >= 4 is 17.4 Å². The molecule has 5 rings (SSSR count). The van der Waals surface area contributed by atoms with Crippen LogP contribution in [0.5, 0.6) is 0 Å². The number of anilines is 1. The number of carbonyl (C=O) groups is 1. The SMILES string of the molecule is Cc1nnc2ccc(N3CC(CNC(=O)c4cc(C5CC5)on4)C3)nn12. The van der Waals surface area contributed by atoms with Crippen LogP contribution in [0, 0.1) is 12.8 Å². The monoisotopic (exact) mass is 353 g/mol. The highest BCUT2D eigenvalue weighted by Gasteiger charge is 2.30. The van der Waals surface area contributed by atoms with Crippen molar-refractivity contribution < 1.29 is 9.32 Å². The average Bonchev–Trinajstić information content (AvgIpc) is 3.23. The molecule has 134 valence electrons. The third-order valence-corrected chi connectivity index (χ3v) is 4.98. The fraction of sp³-hybridized carbons (Fsp3) is 0.471. The van der Waals surface area contributed by atoms with Gasteiger partial charge in [0.1, 0.15) is 11.6 Å². The summed E-state index contributed by atoms with van der Waals surface area (Å²) in [7, 11) is 0. The van der Waals surface area contributed by atoms with Gasteiger partial charge >= 0.3 is 0 Å². The Morgan fingerprint density at radius 1 is 1.31 bits per heavy atom. The van der Waals surface area contributed by atoms with E-state index >= 15 is 0 Å². The van der Waals surface area contributed by atoms with Crippen molar-refractivity contribution in [1.29, 1.82) is 0 Å². The standard InChI is InChI=1S/C17H19N7O2/c1-10-19-20-15-4-5-16(21-24(10)15)23-8-11(9-23)7-18-17(25)13-6-14(26-22-13)12-2-3-12/h4-6,11-12H,2-3,7-9H2,1H3,(H,18,25). The predicted molar refractivity (Wildman–Crippen MR) is 92.0 cm³/mol. The van der Waals surface area contributed by atoms with Crippen molar-refractivity contribution in [2.24, 2.45) is 5.92 Å². The number of nitrogens with zero attached hydrogens (tertiary/aromatic N) is 6. The maximum Gasteiger partial charge on any atom is 0.273 e. The molecule has 0 aromatic carbocycles. The van der Waals surface area contributed by atoms with E-state index in [-0.39, 0.29) is 5.91 Å². The van der Waals surface area contributed by atoms with Crippen molar-refractivity contribution in [1.82, 2.24) is 30.3 Å². The van der Waals surface area contributed by atoms with Crippen molar-refractivity contribution in [3.63, 3.8) is 0 Å². The van der Waals surface area contributed by atoms with Gasteiger partial charge in [-0.15, -0.1) is 15.3 Å². The highest BCUT2D eigenvalue weighted by atomic mass is 16.5. The molecule has 1 amide bonds. The first-order valence-electron chi connectivity index (χ1n) is 8.86. The van der Waals surface area contributed by atoms with Crippen LogP contribution in [0.3, 0.4) is 0 Å². The molecular weight excluding hydrogens is 334 g/mol. The maximum absolute atomic E-state index is 12.2. The molecule has 1 saturated carbocycles. The van der Waals surface area contributed by atoms with Crippen molar-refractivity contribution in [2.75, 3.05) is 24.5 Å². The Bertz CT molecular complexity index is 969. The lowest BCUT2D eigenvalue weighted by Gasteiger charge is -2.40. The summed E-state index contributed by atoms with van der Waals surface area (Å²) < 4.78 is 6.97. The predicted octanol–water partition coefficient (Wildman–Crippen LogP) is 1.16. The number of fused-ring (bicyclic) bond motifs is 1. The fourth-order valence-corrected chi connectivity index (χ4v) is 3.23. The summed E-state index contributed by atoms with van der Waals surface area (Å²) in [6, 6.07) is 5.63. The fourth-order valence-electron chi connectivity index (χ4n) is 3.23. The molecule has 3 aromatic heterocycles. The summed E-state index contributed by atoms with van der Waals surface area (Å²) in [5.74, 6) is 3.18. The van der Waals surface area contributed by atoms with Crippen LogP contribution >= 0.6 is 0 Å².